The Bertz CT molecular complexity index is 796. The Kier molecular flexibility index (Phi) is 5.32. The summed E-state index contributed by atoms with van der Waals surface area (Å²) in [4.78, 5) is 25.3. The molecule has 0 fully saturated rings. The fourth-order valence-electron chi connectivity index (χ4n) is 3.11. The predicted octanol–water partition coefficient (Wildman–Crippen LogP) is 4.05. The Hall–Kier alpha value is -2.34. The van der Waals surface area contributed by atoms with Gasteiger partial charge in [0.2, 0.25) is 0 Å². The lowest BCUT2D eigenvalue weighted by Crippen LogP contribution is -2.46. The zero-order valence-electron chi connectivity index (χ0n) is 14.4. The molecule has 1 unspecified atom stereocenters. The SMILES string of the molecule is CC1(NC(=O)C2=C(C(=O)Nc3ccc(Cl)cc3F)CCCC2)CC=CO1. The van der Waals surface area contributed by atoms with Crippen LogP contribution in [-0.4, -0.2) is 17.5 Å². The van der Waals surface area contributed by atoms with E-state index in [2.05, 4.69) is 10.6 Å². The van der Waals surface area contributed by atoms with E-state index in [1.165, 1.54) is 12.1 Å². The lowest BCUT2D eigenvalue weighted by Gasteiger charge is -2.27. The van der Waals surface area contributed by atoms with Gasteiger partial charge < -0.3 is 15.4 Å². The molecule has 0 saturated heterocycles. The Morgan fingerprint density at radius 2 is 1.88 bits per heavy atom. The van der Waals surface area contributed by atoms with E-state index in [-0.39, 0.29) is 16.6 Å². The molecule has 138 valence electrons. The number of ether oxygens (including phenoxy) is 1. The first kappa shape index (κ1) is 18.5. The van der Waals surface area contributed by atoms with Gasteiger partial charge in [-0.2, -0.15) is 0 Å². The molecular weight excluding hydrogens is 359 g/mol. The minimum Gasteiger partial charge on any atom is -0.476 e. The number of hydrogen-bond acceptors (Lipinski definition) is 3. The van der Waals surface area contributed by atoms with Crippen molar-refractivity contribution in [3.8, 4) is 0 Å². The van der Waals surface area contributed by atoms with Gasteiger partial charge in [0.25, 0.3) is 11.8 Å². The summed E-state index contributed by atoms with van der Waals surface area (Å²) < 4.78 is 19.4. The van der Waals surface area contributed by atoms with Crippen molar-refractivity contribution in [3.63, 3.8) is 0 Å². The van der Waals surface area contributed by atoms with Gasteiger partial charge in [-0.25, -0.2) is 4.39 Å². The molecule has 1 heterocycles. The van der Waals surface area contributed by atoms with Crippen LogP contribution in [0.1, 0.15) is 39.0 Å². The number of rotatable bonds is 4. The van der Waals surface area contributed by atoms with Gasteiger partial charge in [0.15, 0.2) is 5.72 Å². The largest absolute Gasteiger partial charge is 0.476 e. The molecule has 2 aliphatic rings. The van der Waals surface area contributed by atoms with Crippen molar-refractivity contribution in [3.05, 3.63) is 52.5 Å². The first-order valence-electron chi connectivity index (χ1n) is 8.52. The maximum atomic E-state index is 13.9. The van der Waals surface area contributed by atoms with Crippen LogP contribution >= 0.6 is 11.6 Å². The third kappa shape index (κ3) is 4.07. The van der Waals surface area contributed by atoms with E-state index in [1.807, 2.05) is 6.08 Å². The lowest BCUT2D eigenvalue weighted by atomic mass is 9.90. The lowest BCUT2D eigenvalue weighted by molar-refractivity contribution is -0.124. The highest BCUT2D eigenvalue weighted by Gasteiger charge is 2.32. The van der Waals surface area contributed by atoms with Crippen LogP contribution in [0.15, 0.2) is 41.7 Å². The Labute approximate surface area is 156 Å². The molecule has 1 aromatic rings. The van der Waals surface area contributed by atoms with Crippen LogP contribution in [-0.2, 0) is 14.3 Å². The molecule has 0 saturated carbocycles. The normalized spacial score (nSPS) is 22.1. The summed E-state index contributed by atoms with van der Waals surface area (Å²) >= 11 is 5.73. The number of anilines is 1. The van der Waals surface area contributed by atoms with Gasteiger partial charge in [-0.1, -0.05) is 11.6 Å². The molecule has 0 bridgehead atoms. The highest BCUT2D eigenvalue weighted by Crippen LogP contribution is 2.28. The van der Waals surface area contributed by atoms with Gasteiger partial charge in [-0.15, -0.1) is 0 Å². The molecule has 5 nitrogen and oxygen atoms in total. The van der Waals surface area contributed by atoms with E-state index < -0.39 is 17.4 Å². The van der Waals surface area contributed by atoms with Crippen LogP contribution in [0.5, 0.6) is 0 Å². The fourth-order valence-corrected chi connectivity index (χ4v) is 3.27. The van der Waals surface area contributed by atoms with Gasteiger partial charge in [0, 0.05) is 22.6 Å². The third-order valence-corrected chi connectivity index (χ3v) is 4.74. The molecule has 1 atom stereocenters. The first-order valence-corrected chi connectivity index (χ1v) is 8.89. The first-order chi connectivity index (χ1) is 12.4. The highest BCUT2D eigenvalue weighted by molar-refractivity contribution is 6.30. The standard InChI is InChI=1S/C19H20ClFN2O3/c1-19(9-4-10-26-19)23-18(25)14-6-3-2-5-13(14)17(24)22-16-8-7-12(20)11-15(16)21/h4,7-8,10-11H,2-3,5-6,9H2,1H3,(H,22,24)(H,23,25). The third-order valence-electron chi connectivity index (χ3n) is 4.51. The number of carbonyl (C=O) groups excluding carboxylic acids is 2. The van der Waals surface area contributed by atoms with Crippen LogP contribution in [0.25, 0.3) is 0 Å². The van der Waals surface area contributed by atoms with Gasteiger partial charge in [0.05, 0.1) is 11.9 Å². The van der Waals surface area contributed by atoms with E-state index in [9.17, 15) is 14.0 Å². The summed E-state index contributed by atoms with van der Waals surface area (Å²) in [7, 11) is 0. The zero-order chi connectivity index (χ0) is 18.7. The molecule has 1 aliphatic heterocycles. The Morgan fingerprint density at radius 1 is 1.19 bits per heavy atom. The van der Waals surface area contributed by atoms with Crippen LogP contribution in [0.2, 0.25) is 5.02 Å². The molecule has 3 rings (SSSR count). The van der Waals surface area contributed by atoms with Gasteiger partial charge in [-0.3, -0.25) is 9.59 Å². The summed E-state index contributed by atoms with van der Waals surface area (Å²) in [5.74, 6) is -1.41. The summed E-state index contributed by atoms with van der Waals surface area (Å²) in [5, 5.41) is 5.63. The minimum absolute atomic E-state index is 0.0347. The number of nitrogens with one attached hydrogen (secondary N) is 2. The number of hydrogen-bond donors (Lipinski definition) is 2. The van der Waals surface area contributed by atoms with E-state index in [0.29, 0.717) is 30.4 Å². The molecule has 7 heteroatoms. The monoisotopic (exact) mass is 378 g/mol. The number of benzene rings is 1. The van der Waals surface area contributed by atoms with Crippen molar-refractivity contribution in [2.75, 3.05) is 5.32 Å². The number of carbonyl (C=O) groups is 2. The van der Waals surface area contributed by atoms with E-state index in [4.69, 9.17) is 16.3 Å². The predicted molar refractivity (Wildman–Crippen MR) is 96.9 cm³/mol. The summed E-state index contributed by atoms with van der Waals surface area (Å²) in [6, 6.07) is 4.03. The van der Waals surface area contributed by atoms with Gasteiger partial charge in [0.1, 0.15) is 5.82 Å². The Balaban J connectivity index is 1.79. The Morgan fingerprint density at radius 3 is 2.50 bits per heavy atom. The molecule has 0 spiro atoms. The molecule has 1 aromatic carbocycles. The molecule has 0 aromatic heterocycles. The van der Waals surface area contributed by atoms with Gasteiger partial charge >= 0.3 is 0 Å². The summed E-state index contributed by atoms with van der Waals surface area (Å²) in [5.41, 5.74) is 0.0517. The molecule has 0 radical (unpaired) electrons. The topological polar surface area (TPSA) is 67.4 Å². The van der Waals surface area contributed by atoms with Crippen molar-refractivity contribution < 1.29 is 18.7 Å². The quantitative estimate of drug-likeness (QED) is 0.830. The second-order valence-electron chi connectivity index (χ2n) is 6.62. The zero-order valence-corrected chi connectivity index (χ0v) is 15.2. The maximum Gasteiger partial charge on any atom is 0.252 e. The molecule has 2 amide bonds. The average Bonchev–Trinajstić information content (AvgIpc) is 3.03. The van der Waals surface area contributed by atoms with Crippen molar-refractivity contribution in [1.82, 2.24) is 5.32 Å². The van der Waals surface area contributed by atoms with Crippen LogP contribution in [0, 0.1) is 5.82 Å². The van der Waals surface area contributed by atoms with E-state index in [0.717, 1.165) is 18.9 Å². The smallest absolute Gasteiger partial charge is 0.252 e. The average molecular weight is 379 g/mol. The molecule has 2 N–H and O–H groups in total. The summed E-state index contributed by atoms with van der Waals surface area (Å²) in [6.45, 7) is 1.77. The minimum atomic E-state index is -0.800. The summed E-state index contributed by atoms with van der Waals surface area (Å²) in [6.07, 6.45) is 6.53. The van der Waals surface area contributed by atoms with Crippen LogP contribution in [0.3, 0.4) is 0 Å². The van der Waals surface area contributed by atoms with Crippen molar-refractivity contribution in [1.29, 1.82) is 0 Å². The van der Waals surface area contributed by atoms with Gasteiger partial charge in [-0.05, 0) is 56.9 Å². The molecule has 1 aliphatic carbocycles. The second kappa shape index (κ2) is 7.50. The number of halogens is 2. The van der Waals surface area contributed by atoms with Crippen molar-refractivity contribution in [2.45, 2.75) is 44.8 Å². The van der Waals surface area contributed by atoms with Crippen molar-refractivity contribution in [2.24, 2.45) is 0 Å². The highest BCUT2D eigenvalue weighted by atomic mass is 35.5. The van der Waals surface area contributed by atoms with Crippen molar-refractivity contribution >= 4 is 29.1 Å². The second-order valence-corrected chi connectivity index (χ2v) is 7.06. The molecule has 26 heavy (non-hydrogen) atoms. The maximum absolute atomic E-state index is 13.9. The molecular formula is C19H20ClFN2O3. The number of amides is 2. The van der Waals surface area contributed by atoms with Crippen LogP contribution < -0.4 is 10.6 Å². The van der Waals surface area contributed by atoms with E-state index >= 15 is 0 Å². The van der Waals surface area contributed by atoms with Crippen LogP contribution in [0.4, 0.5) is 10.1 Å². The fraction of sp³-hybridized carbons (Fsp3) is 0.368. The van der Waals surface area contributed by atoms with E-state index in [1.54, 1.807) is 13.2 Å².